The van der Waals surface area contributed by atoms with Gasteiger partial charge in [0.05, 0.1) is 10.6 Å². The van der Waals surface area contributed by atoms with E-state index in [9.17, 15) is 9.18 Å². The molecule has 0 atom stereocenters. The van der Waals surface area contributed by atoms with E-state index in [2.05, 4.69) is 10.1 Å². The van der Waals surface area contributed by atoms with Gasteiger partial charge in [0, 0.05) is 23.0 Å². The molecule has 0 bridgehead atoms. The zero-order valence-corrected chi connectivity index (χ0v) is 19.9. The average molecular weight is 484 g/mol. The molecule has 1 aliphatic carbocycles. The predicted octanol–water partition coefficient (Wildman–Crippen LogP) is 6.09. The Morgan fingerprint density at radius 3 is 2.70 bits per heavy atom. The van der Waals surface area contributed by atoms with Gasteiger partial charge in [0.25, 0.3) is 5.91 Å². The van der Waals surface area contributed by atoms with Crippen molar-refractivity contribution in [1.29, 1.82) is 5.41 Å². The summed E-state index contributed by atoms with van der Waals surface area (Å²) < 4.78 is 15.6. The number of benzene rings is 1. The average Bonchev–Trinajstić information content (AvgIpc) is 3.34. The van der Waals surface area contributed by atoms with Crippen LogP contribution >= 0.6 is 23.4 Å². The van der Waals surface area contributed by atoms with Crippen LogP contribution in [0.3, 0.4) is 0 Å². The third kappa shape index (κ3) is 3.95. The molecule has 33 heavy (non-hydrogen) atoms. The fourth-order valence-electron chi connectivity index (χ4n) is 4.63. The first-order chi connectivity index (χ1) is 15.8. The number of aryl methyl sites for hydroxylation is 1. The summed E-state index contributed by atoms with van der Waals surface area (Å²) in [6.45, 7) is 3.84. The molecule has 0 radical (unpaired) electrons. The van der Waals surface area contributed by atoms with Crippen LogP contribution in [0.15, 0.2) is 39.9 Å². The van der Waals surface area contributed by atoms with Crippen LogP contribution in [-0.4, -0.2) is 31.5 Å². The molecule has 5 rings (SSSR count). The standard InChI is InChI=1S/C24H23ClFN5OS/c1-13-10-16(14(2)30(13)17-8-9-20(26)19(25)12-17)11-18-21(27)31-24(28-22(18)32)33-23(29-31)15-6-4-3-5-7-15/h8-12,15,27H,3-7H2,1-2H3/b18-11+,27-21?. The van der Waals surface area contributed by atoms with Crippen LogP contribution in [-0.2, 0) is 4.79 Å². The van der Waals surface area contributed by atoms with Crippen molar-refractivity contribution in [2.75, 3.05) is 0 Å². The number of nitrogens with zero attached hydrogens (tertiary/aromatic N) is 4. The van der Waals surface area contributed by atoms with Crippen molar-refractivity contribution < 1.29 is 9.18 Å². The summed E-state index contributed by atoms with van der Waals surface area (Å²) in [7, 11) is 0. The zero-order valence-electron chi connectivity index (χ0n) is 18.4. The molecule has 170 valence electrons. The van der Waals surface area contributed by atoms with Crippen molar-refractivity contribution in [1.82, 2.24) is 9.58 Å². The number of fused-ring (bicyclic) bond motifs is 1. The molecule has 2 aromatic rings. The number of rotatable bonds is 3. The minimum atomic E-state index is -0.475. The van der Waals surface area contributed by atoms with E-state index in [1.807, 2.05) is 24.5 Å². The Morgan fingerprint density at radius 2 is 1.97 bits per heavy atom. The van der Waals surface area contributed by atoms with Gasteiger partial charge >= 0.3 is 0 Å². The highest BCUT2D eigenvalue weighted by Gasteiger charge is 2.38. The maximum atomic E-state index is 13.6. The summed E-state index contributed by atoms with van der Waals surface area (Å²) in [5, 5.41) is 16.3. The highest BCUT2D eigenvalue weighted by molar-refractivity contribution is 8.27. The van der Waals surface area contributed by atoms with E-state index in [0.717, 1.165) is 40.5 Å². The molecular formula is C24H23ClFN5OS. The van der Waals surface area contributed by atoms with Gasteiger partial charge in [-0.1, -0.05) is 30.9 Å². The maximum absolute atomic E-state index is 13.6. The molecule has 1 saturated carbocycles. The lowest BCUT2D eigenvalue weighted by molar-refractivity contribution is -0.114. The van der Waals surface area contributed by atoms with Crippen molar-refractivity contribution in [3.05, 3.63) is 57.6 Å². The van der Waals surface area contributed by atoms with Gasteiger partial charge in [0.1, 0.15) is 10.9 Å². The number of hydrogen-bond donors (Lipinski definition) is 1. The number of nitrogens with one attached hydrogen (secondary N) is 1. The molecule has 1 fully saturated rings. The van der Waals surface area contributed by atoms with Crippen LogP contribution in [0.4, 0.5) is 4.39 Å². The van der Waals surface area contributed by atoms with Crippen molar-refractivity contribution in [2.45, 2.75) is 46.0 Å². The van der Waals surface area contributed by atoms with Crippen LogP contribution in [0.25, 0.3) is 11.8 Å². The minimum Gasteiger partial charge on any atom is -0.318 e. The van der Waals surface area contributed by atoms with Gasteiger partial charge in [-0.05, 0) is 74.4 Å². The predicted molar refractivity (Wildman–Crippen MR) is 132 cm³/mol. The first-order valence-electron chi connectivity index (χ1n) is 11.0. The number of thioether (sulfide) groups is 1. The number of carbonyl (C=O) groups is 1. The minimum absolute atomic E-state index is 0.0398. The highest BCUT2D eigenvalue weighted by Crippen LogP contribution is 2.36. The van der Waals surface area contributed by atoms with Crippen LogP contribution in [0.5, 0.6) is 0 Å². The number of hydrogen-bond acceptors (Lipinski definition) is 4. The highest BCUT2D eigenvalue weighted by atomic mass is 35.5. The molecule has 1 N–H and O–H groups in total. The number of amidine groups is 2. The molecule has 0 unspecified atom stereocenters. The van der Waals surface area contributed by atoms with Gasteiger partial charge in [-0.15, -0.1) is 0 Å². The van der Waals surface area contributed by atoms with Crippen LogP contribution in [0, 0.1) is 31.0 Å². The summed E-state index contributed by atoms with van der Waals surface area (Å²) in [5.74, 6) is -0.489. The Kier molecular flexibility index (Phi) is 5.74. The molecule has 1 amide bonds. The summed E-state index contributed by atoms with van der Waals surface area (Å²) >= 11 is 7.40. The normalized spacial score (nSPS) is 20.4. The number of halogens is 2. The fraction of sp³-hybridized carbons (Fsp3) is 0.333. The Balaban J connectivity index is 1.48. The van der Waals surface area contributed by atoms with Gasteiger partial charge in [0.15, 0.2) is 5.84 Å². The molecule has 0 saturated heterocycles. The second kappa shape index (κ2) is 8.57. The largest absolute Gasteiger partial charge is 0.318 e. The monoisotopic (exact) mass is 483 g/mol. The Hall–Kier alpha value is -2.71. The van der Waals surface area contributed by atoms with Gasteiger partial charge in [-0.3, -0.25) is 10.2 Å². The molecule has 0 spiro atoms. The van der Waals surface area contributed by atoms with E-state index in [4.69, 9.17) is 17.0 Å². The SMILES string of the molecule is Cc1cc(/C=C2\C(=N)N3N=C(C4CCCCC4)SC3=NC2=O)c(C)n1-c1ccc(F)c(Cl)c1. The number of aromatic nitrogens is 1. The van der Waals surface area contributed by atoms with Gasteiger partial charge in [0.2, 0.25) is 5.17 Å². The topological polar surface area (TPSA) is 73.8 Å². The lowest BCUT2D eigenvalue weighted by Gasteiger charge is -2.20. The summed E-state index contributed by atoms with van der Waals surface area (Å²) in [6, 6.07) is 6.49. The van der Waals surface area contributed by atoms with E-state index in [1.54, 1.807) is 18.2 Å². The second-order valence-corrected chi connectivity index (χ2v) is 9.95. The maximum Gasteiger partial charge on any atom is 0.283 e. The molecular weight excluding hydrogens is 461 g/mol. The molecule has 1 aromatic carbocycles. The molecule has 1 aromatic heterocycles. The first kappa shape index (κ1) is 22.1. The fourth-order valence-corrected chi connectivity index (χ4v) is 5.87. The third-order valence-corrected chi connectivity index (χ3v) is 7.72. The van der Waals surface area contributed by atoms with Crippen molar-refractivity contribution in [3.8, 4) is 5.69 Å². The Bertz CT molecular complexity index is 1270. The molecule has 2 aliphatic heterocycles. The van der Waals surface area contributed by atoms with Crippen LogP contribution in [0.2, 0.25) is 5.02 Å². The number of amides is 1. The molecule has 6 nitrogen and oxygen atoms in total. The van der Waals surface area contributed by atoms with Gasteiger partial charge in [-0.25, -0.2) is 4.39 Å². The van der Waals surface area contributed by atoms with Crippen LogP contribution < -0.4 is 0 Å². The van der Waals surface area contributed by atoms with E-state index in [0.29, 0.717) is 11.1 Å². The second-order valence-electron chi connectivity index (χ2n) is 8.55. The van der Waals surface area contributed by atoms with E-state index in [-0.39, 0.29) is 16.4 Å². The summed E-state index contributed by atoms with van der Waals surface area (Å²) in [5.41, 5.74) is 3.45. The van der Waals surface area contributed by atoms with Crippen molar-refractivity contribution >= 4 is 51.4 Å². The Morgan fingerprint density at radius 1 is 1.21 bits per heavy atom. The molecule has 3 heterocycles. The number of aliphatic imine (C=N–C) groups is 1. The number of carbonyl (C=O) groups excluding carboxylic acids is 1. The Labute approximate surface area is 200 Å². The lowest BCUT2D eigenvalue weighted by atomic mass is 9.90. The van der Waals surface area contributed by atoms with E-state index in [1.165, 1.54) is 42.1 Å². The van der Waals surface area contributed by atoms with E-state index >= 15 is 0 Å². The van der Waals surface area contributed by atoms with Crippen LogP contribution in [0.1, 0.15) is 49.1 Å². The summed E-state index contributed by atoms with van der Waals surface area (Å²) in [6.07, 6.45) is 7.50. The molecule has 9 heteroatoms. The smallest absolute Gasteiger partial charge is 0.283 e. The number of hydrazone groups is 1. The third-order valence-electron chi connectivity index (χ3n) is 6.36. The quantitative estimate of drug-likeness (QED) is 0.537. The van der Waals surface area contributed by atoms with Gasteiger partial charge < -0.3 is 4.57 Å². The van der Waals surface area contributed by atoms with E-state index < -0.39 is 11.7 Å². The molecule has 3 aliphatic rings. The lowest BCUT2D eigenvalue weighted by Crippen LogP contribution is -2.35. The first-order valence-corrected chi connectivity index (χ1v) is 12.2. The van der Waals surface area contributed by atoms with Gasteiger partial charge in [-0.2, -0.15) is 15.1 Å². The summed E-state index contributed by atoms with van der Waals surface area (Å²) in [4.78, 5) is 17.1. The van der Waals surface area contributed by atoms with Crippen molar-refractivity contribution in [2.24, 2.45) is 16.0 Å². The zero-order chi connectivity index (χ0) is 23.3. The van der Waals surface area contributed by atoms with Crippen molar-refractivity contribution in [3.63, 3.8) is 0 Å².